The standard InChI is InChI=1S/C16H19N3O2/c1-2-12-5-4-10-18(11-12)15-8-7-14(19(20)21)13-6-3-9-17-16(13)15/h3,6-9,12H,2,4-5,10-11H2,1H3/t12-/m0/s1. The second kappa shape index (κ2) is 5.68. The van der Waals surface area contributed by atoms with E-state index in [0.717, 1.165) is 24.3 Å². The topological polar surface area (TPSA) is 59.3 Å². The Balaban J connectivity index is 2.07. The third-order valence-corrected chi connectivity index (χ3v) is 4.36. The number of benzene rings is 1. The fraction of sp³-hybridized carbons (Fsp3) is 0.438. The van der Waals surface area contributed by atoms with Crippen LogP contribution in [-0.2, 0) is 0 Å². The molecule has 0 spiro atoms. The summed E-state index contributed by atoms with van der Waals surface area (Å²) in [5.74, 6) is 0.702. The van der Waals surface area contributed by atoms with Crippen molar-refractivity contribution in [3.63, 3.8) is 0 Å². The minimum Gasteiger partial charge on any atom is -0.369 e. The zero-order chi connectivity index (χ0) is 14.8. The van der Waals surface area contributed by atoms with Crippen molar-refractivity contribution in [2.24, 2.45) is 5.92 Å². The van der Waals surface area contributed by atoms with E-state index in [2.05, 4.69) is 16.8 Å². The van der Waals surface area contributed by atoms with Crippen LogP contribution in [0.4, 0.5) is 11.4 Å². The zero-order valence-electron chi connectivity index (χ0n) is 12.2. The van der Waals surface area contributed by atoms with Crippen molar-refractivity contribution in [2.75, 3.05) is 18.0 Å². The van der Waals surface area contributed by atoms with Crippen LogP contribution in [0.2, 0.25) is 0 Å². The molecule has 0 amide bonds. The van der Waals surface area contributed by atoms with Gasteiger partial charge in [-0.25, -0.2) is 0 Å². The summed E-state index contributed by atoms with van der Waals surface area (Å²) in [5, 5.41) is 11.8. The van der Waals surface area contributed by atoms with E-state index in [0.29, 0.717) is 11.3 Å². The first-order valence-electron chi connectivity index (χ1n) is 7.47. The fourth-order valence-corrected chi connectivity index (χ4v) is 3.17. The molecule has 2 heterocycles. The number of hydrogen-bond donors (Lipinski definition) is 0. The van der Waals surface area contributed by atoms with E-state index < -0.39 is 0 Å². The van der Waals surface area contributed by atoms with Crippen LogP contribution in [0.15, 0.2) is 30.5 Å². The van der Waals surface area contributed by atoms with E-state index in [1.807, 2.05) is 6.07 Å². The first-order valence-corrected chi connectivity index (χ1v) is 7.47. The molecule has 1 saturated heterocycles. The van der Waals surface area contributed by atoms with Crippen LogP contribution in [0.5, 0.6) is 0 Å². The molecule has 5 nitrogen and oxygen atoms in total. The molecule has 21 heavy (non-hydrogen) atoms. The van der Waals surface area contributed by atoms with Gasteiger partial charge in [0.15, 0.2) is 0 Å². The maximum Gasteiger partial charge on any atom is 0.278 e. The van der Waals surface area contributed by atoms with Gasteiger partial charge in [-0.2, -0.15) is 0 Å². The summed E-state index contributed by atoms with van der Waals surface area (Å²) in [7, 11) is 0. The lowest BCUT2D eigenvalue weighted by Crippen LogP contribution is -2.35. The predicted octanol–water partition coefficient (Wildman–Crippen LogP) is 3.77. The van der Waals surface area contributed by atoms with Crippen molar-refractivity contribution in [1.29, 1.82) is 0 Å². The molecule has 0 bridgehead atoms. The first kappa shape index (κ1) is 13.8. The second-order valence-corrected chi connectivity index (χ2v) is 5.62. The Morgan fingerprint density at radius 3 is 3.05 bits per heavy atom. The molecule has 110 valence electrons. The van der Waals surface area contributed by atoms with Gasteiger partial charge in [0.1, 0.15) is 5.52 Å². The molecule has 1 aromatic carbocycles. The largest absolute Gasteiger partial charge is 0.369 e. The summed E-state index contributed by atoms with van der Waals surface area (Å²) in [5.41, 5.74) is 1.89. The summed E-state index contributed by atoms with van der Waals surface area (Å²) in [6.07, 6.45) is 5.32. The molecule has 0 saturated carbocycles. The van der Waals surface area contributed by atoms with Gasteiger partial charge in [0, 0.05) is 25.4 Å². The molecule has 3 rings (SSSR count). The van der Waals surface area contributed by atoms with Crippen LogP contribution in [0.25, 0.3) is 10.9 Å². The maximum absolute atomic E-state index is 11.2. The number of fused-ring (bicyclic) bond motifs is 1. The lowest BCUT2D eigenvalue weighted by molar-refractivity contribution is -0.383. The van der Waals surface area contributed by atoms with Crippen molar-refractivity contribution in [1.82, 2.24) is 4.98 Å². The molecule has 1 aliphatic rings. The van der Waals surface area contributed by atoms with Crippen LogP contribution in [0, 0.1) is 16.0 Å². The van der Waals surface area contributed by atoms with Crippen molar-refractivity contribution in [3.05, 3.63) is 40.6 Å². The number of hydrogen-bond acceptors (Lipinski definition) is 4. The molecule has 1 aliphatic heterocycles. The molecule has 1 aromatic heterocycles. The van der Waals surface area contributed by atoms with E-state index in [9.17, 15) is 10.1 Å². The quantitative estimate of drug-likeness (QED) is 0.636. The van der Waals surface area contributed by atoms with Crippen molar-refractivity contribution in [3.8, 4) is 0 Å². The molecule has 1 atom stereocenters. The molecule has 5 heteroatoms. The summed E-state index contributed by atoms with van der Waals surface area (Å²) in [6, 6.07) is 7.00. The van der Waals surface area contributed by atoms with Gasteiger partial charge in [-0.3, -0.25) is 15.1 Å². The number of nitro groups is 1. The number of nitro benzene ring substituents is 1. The minimum atomic E-state index is -0.334. The predicted molar refractivity (Wildman–Crippen MR) is 83.6 cm³/mol. The Bertz CT molecular complexity index is 672. The third kappa shape index (κ3) is 2.55. The number of rotatable bonds is 3. The summed E-state index contributed by atoms with van der Waals surface area (Å²) >= 11 is 0. The number of nitrogens with zero attached hydrogens (tertiary/aromatic N) is 3. The SMILES string of the molecule is CC[C@H]1CCCN(c2ccc([N+](=O)[O-])c3cccnc23)C1. The Labute approximate surface area is 123 Å². The Morgan fingerprint density at radius 1 is 1.43 bits per heavy atom. The molecular formula is C16H19N3O2. The number of anilines is 1. The number of piperidine rings is 1. The summed E-state index contributed by atoms with van der Waals surface area (Å²) in [6.45, 7) is 4.24. The van der Waals surface area contributed by atoms with Gasteiger partial charge >= 0.3 is 0 Å². The first-order chi connectivity index (χ1) is 10.2. The average molecular weight is 285 g/mol. The molecular weight excluding hydrogens is 266 g/mol. The van der Waals surface area contributed by atoms with E-state index in [-0.39, 0.29) is 10.6 Å². The Kier molecular flexibility index (Phi) is 3.73. The highest BCUT2D eigenvalue weighted by Crippen LogP contribution is 2.34. The van der Waals surface area contributed by atoms with Gasteiger partial charge in [-0.1, -0.05) is 13.3 Å². The maximum atomic E-state index is 11.2. The van der Waals surface area contributed by atoms with Gasteiger partial charge < -0.3 is 4.90 Å². The summed E-state index contributed by atoms with van der Waals surface area (Å²) in [4.78, 5) is 17.6. The van der Waals surface area contributed by atoms with Gasteiger partial charge in [0.2, 0.25) is 0 Å². The second-order valence-electron chi connectivity index (χ2n) is 5.62. The number of pyridine rings is 1. The molecule has 0 unspecified atom stereocenters. The Morgan fingerprint density at radius 2 is 2.29 bits per heavy atom. The van der Waals surface area contributed by atoms with Gasteiger partial charge in [0.05, 0.1) is 16.0 Å². The average Bonchev–Trinajstić information content (AvgIpc) is 2.53. The normalized spacial score (nSPS) is 18.9. The van der Waals surface area contributed by atoms with E-state index in [1.165, 1.54) is 19.3 Å². The van der Waals surface area contributed by atoms with Crippen molar-refractivity contribution >= 4 is 22.3 Å². The van der Waals surface area contributed by atoms with Gasteiger partial charge in [-0.15, -0.1) is 0 Å². The summed E-state index contributed by atoms with van der Waals surface area (Å²) < 4.78 is 0. The highest BCUT2D eigenvalue weighted by atomic mass is 16.6. The van der Waals surface area contributed by atoms with Crippen LogP contribution >= 0.6 is 0 Å². The molecule has 0 radical (unpaired) electrons. The van der Waals surface area contributed by atoms with Crippen LogP contribution in [0.3, 0.4) is 0 Å². The highest BCUT2D eigenvalue weighted by molar-refractivity contribution is 5.97. The molecule has 1 fully saturated rings. The molecule has 0 N–H and O–H groups in total. The lowest BCUT2D eigenvalue weighted by Gasteiger charge is -2.34. The monoisotopic (exact) mass is 285 g/mol. The molecule has 2 aromatic rings. The van der Waals surface area contributed by atoms with Crippen LogP contribution in [0.1, 0.15) is 26.2 Å². The van der Waals surface area contributed by atoms with Crippen LogP contribution in [-0.4, -0.2) is 23.0 Å². The van der Waals surface area contributed by atoms with Gasteiger partial charge in [-0.05, 0) is 37.0 Å². The number of non-ortho nitro benzene ring substituents is 1. The zero-order valence-corrected chi connectivity index (χ0v) is 12.2. The lowest BCUT2D eigenvalue weighted by atomic mass is 9.95. The van der Waals surface area contributed by atoms with Crippen molar-refractivity contribution in [2.45, 2.75) is 26.2 Å². The van der Waals surface area contributed by atoms with Crippen molar-refractivity contribution < 1.29 is 4.92 Å². The smallest absolute Gasteiger partial charge is 0.278 e. The van der Waals surface area contributed by atoms with Crippen LogP contribution < -0.4 is 4.90 Å². The fourth-order valence-electron chi connectivity index (χ4n) is 3.17. The van der Waals surface area contributed by atoms with E-state index in [4.69, 9.17) is 0 Å². The third-order valence-electron chi connectivity index (χ3n) is 4.36. The van der Waals surface area contributed by atoms with E-state index >= 15 is 0 Å². The molecule has 0 aliphatic carbocycles. The minimum absolute atomic E-state index is 0.130. The highest BCUT2D eigenvalue weighted by Gasteiger charge is 2.23. The van der Waals surface area contributed by atoms with Gasteiger partial charge in [0.25, 0.3) is 5.69 Å². The Hall–Kier alpha value is -2.17. The number of aromatic nitrogens is 1. The van der Waals surface area contributed by atoms with E-state index in [1.54, 1.807) is 24.4 Å².